The maximum Gasteiger partial charge on any atom is 0.152 e. The molecule has 2 rings (SSSR count). The zero-order valence-corrected chi connectivity index (χ0v) is 12.9. The molecule has 0 bridgehead atoms. The molecule has 1 N–H and O–H groups in total. The first-order valence-electron chi connectivity index (χ1n) is 5.05. The molecule has 0 aliphatic carbocycles. The van der Waals surface area contributed by atoms with Gasteiger partial charge in [0.15, 0.2) is 5.15 Å². The van der Waals surface area contributed by atoms with Crippen molar-refractivity contribution in [2.45, 2.75) is 6.54 Å². The van der Waals surface area contributed by atoms with E-state index in [-0.39, 0.29) is 0 Å². The minimum atomic E-state index is 0.413. The monoisotopic (exact) mass is 364 g/mol. The molecule has 0 amide bonds. The Kier molecular flexibility index (Phi) is 4.73. The molecular formula is C12H8BrCl3N2. The lowest BCUT2D eigenvalue weighted by atomic mass is 10.2. The fourth-order valence-electron chi connectivity index (χ4n) is 1.42. The standard InChI is InChI=1S/C12H8BrCl3N2/c13-8-4-10(12(16)18-6-8)17-5-7-2-1-3-9(14)11(7)15/h1-4,6,17H,5H2. The van der Waals surface area contributed by atoms with E-state index in [0.717, 1.165) is 15.7 Å². The van der Waals surface area contributed by atoms with Crippen molar-refractivity contribution in [1.29, 1.82) is 0 Å². The van der Waals surface area contributed by atoms with Gasteiger partial charge < -0.3 is 5.32 Å². The zero-order valence-electron chi connectivity index (χ0n) is 9.05. The van der Waals surface area contributed by atoms with E-state index in [0.29, 0.717) is 21.7 Å². The van der Waals surface area contributed by atoms with Crippen molar-refractivity contribution < 1.29 is 0 Å². The Morgan fingerprint density at radius 1 is 1.22 bits per heavy atom. The molecule has 0 aliphatic rings. The van der Waals surface area contributed by atoms with Gasteiger partial charge in [-0.05, 0) is 33.6 Å². The predicted molar refractivity (Wildman–Crippen MR) is 80.7 cm³/mol. The molecule has 2 nitrogen and oxygen atoms in total. The van der Waals surface area contributed by atoms with Crippen molar-refractivity contribution in [3.8, 4) is 0 Å². The number of rotatable bonds is 3. The molecule has 0 spiro atoms. The van der Waals surface area contributed by atoms with Gasteiger partial charge in [-0.3, -0.25) is 0 Å². The molecular weight excluding hydrogens is 358 g/mol. The van der Waals surface area contributed by atoms with Crippen LogP contribution in [-0.2, 0) is 6.54 Å². The number of nitrogens with one attached hydrogen (secondary N) is 1. The highest BCUT2D eigenvalue weighted by Crippen LogP contribution is 2.28. The minimum absolute atomic E-state index is 0.413. The molecule has 1 heterocycles. The second kappa shape index (κ2) is 6.11. The number of hydrogen-bond acceptors (Lipinski definition) is 2. The third-order valence-electron chi connectivity index (χ3n) is 2.31. The number of nitrogens with zero attached hydrogens (tertiary/aromatic N) is 1. The van der Waals surface area contributed by atoms with Gasteiger partial charge in [-0.25, -0.2) is 4.98 Å². The van der Waals surface area contributed by atoms with Crippen molar-refractivity contribution >= 4 is 56.4 Å². The zero-order chi connectivity index (χ0) is 13.1. The lowest BCUT2D eigenvalue weighted by molar-refractivity contribution is 1.13. The second-order valence-corrected chi connectivity index (χ2v) is 5.62. The van der Waals surface area contributed by atoms with Crippen LogP contribution in [0.15, 0.2) is 34.9 Å². The summed E-state index contributed by atoms with van der Waals surface area (Å²) >= 11 is 21.4. The van der Waals surface area contributed by atoms with Crippen LogP contribution in [-0.4, -0.2) is 4.98 Å². The summed E-state index contributed by atoms with van der Waals surface area (Å²) in [5.41, 5.74) is 1.64. The highest BCUT2D eigenvalue weighted by Gasteiger charge is 2.06. The van der Waals surface area contributed by atoms with Gasteiger partial charge in [0, 0.05) is 17.2 Å². The molecule has 1 aromatic carbocycles. The summed E-state index contributed by atoms with van der Waals surface area (Å²) in [5, 5.41) is 4.67. The van der Waals surface area contributed by atoms with Crippen molar-refractivity contribution in [3.63, 3.8) is 0 Å². The van der Waals surface area contributed by atoms with Crippen LogP contribution in [0.4, 0.5) is 5.69 Å². The first-order valence-corrected chi connectivity index (χ1v) is 6.98. The third kappa shape index (κ3) is 3.29. The highest BCUT2D eigenvalue weighted by molar-refractivity contribution is 9.10. The van der Waals surface area contributed by atoms with Crippen LogP contribution in [0.1, 0.15) is 5.56 Å². The first kappa shape index (κ1) is 13.9. The van der Waals surface area contributed by atoms with Gasteiger partial charge in [0.1, 0.15) is 0 Å². The van der Waals surface area contributed by atoms with Crippen LogP contribution in [0.3, 0.4) is 0 Å². The quantitative estimate of drug-likeness (QED) is 0.734. The van der Waals surface area contributed by atoms with Crippen LogP contribution >= 0.6 is 50.7 Å². The summed E-state index contributed by atoms with van der Waals surface area (Å²) in [7, 11) is 0. The number of halogens is 4. The van der Waals surface area contributed by atoms with Gasteiger partial charge in [0.2, 0.25) is 0 Å². The minimum Gasteiger partial charge on any atom is -0.378 e. The molecule has 0 saturated heterocycles. The fraction of sp³-hybridized carbons (Fsp3) is 0.0833. The van der Waals surface area contributed by atoms with Crippen LogP contribution in [0.2, 0.25) is 15.2 Å². The van der Waals surface area contributed by atoms with Gasteiger partial charge in [-0.15, -0.1) is 0 Å². The van der Waals surface area contributed by atoms with Crippen LogP contribution < -0.4 is 5.32 Å². The van der Waals surface area contributed by atoms with Crippen LogP contribution in [0, 0.1) is 0 Å². The van der Waals surface area contributed by atoms with Crippen molar-refractivity contribution in [1.82, 2.24) is 4.98 Å². The Morgan fingerprint density at radius 2 is 2.00 bits per heavy atom. The first-order chi connectivity index (χ1) is 8.58. The van der Waals surface area contributed by atoms with E-state index in [4.69, 9.17) is 34.8 Å². The molecule has 0 saturated carbocycles. The summed E-state index contributed by atoms with van der Waals surface area (Å²) < 4.78 is 0.853. The topological polar surface area (TPSA) is 24.9 Å². The number of aromatic nitrogens is 1. The summed E-state index contributed by atoms with van der Waals surface area (Å²) in [5.74, 6) is 0. The van der Waals surface area contributed by atoms with Crippen molar-refractivity contribution in [3.05, 3.63) is 55.7 Å². The molecule has 6 heteroatoms. The molecule has 2 aromatic rings. The summed E-state index contributed by atoms with van der Waals surface area (Å²) in [6, 6.07) is 7.36. The van der Waals surface area contributed by atoms with E-state index in [1.165, 1.54) is 0 Å². The molecule has 94 valence electrons. The smallest absolute Gasteiger partial charge is 0.152 e. The van der Waals surface area contributed by atoms with Gasteiger partial charge in [0.25, 0.3) is 0 Å². The number of benzene rings is 1. The number of hydrogen-bond donors (Lipinski definition) is 1. The highest BCUT2D eigenvalue weighted by atomic mass is 79.9. The summed E-state index contributed by atoms with van der Waals surface area (Å²) in [4.78, 5) is 4.03. The fourth-order valence-corrected chi connectivity index (χ4v) is 2.31. The van der Waals surface area contributed by atoms with Gasteiger partial charge >= 0.3 is 0 Å². The molecule has 0 aliphatic heterocycles. The van der Waals surface area contributed by atoms with Crippen LogP contribution in [0.5, 0.6) is 0 Å². The van der Waals surface area contributed by atoms with Gasteiger partial charge in [-0.2, -0.15) is 0 Å². The number of pyridine rings is 1. The van der Waals surface area contributed by atoms with Crippen LogP contribution in [0.25, 0.3) is 0 Å². The van der Waals surface area contributed by atoms with Gasteiger partial charge in [-0.1, -0.05) is 46.9 Å². The Labute approximate surface area is 128 Å². The van der Waals surface area contributed by atoms with E-state index >= 15 is 0 Å². The average molecular weight is 366 g/mol. The van der Waals surface area contributed by atoms with E-state index in [2.05, 4.69) is 26.2 Å². The molecule has 18 heavy (non-hydrogen) atoms. The Hall–Kier alpha value is -0.480. The van der Waals surface area contributed by atoms with E-state index in [9.17, 15) is 0 Å². The largest absolute Gasteiger partial charge is 0.378 e. The molecule has 0 unspecified atom stereocenters. The lowest BCUT2D eigenvalue weighted by Gasteiger charge is -2.10. The van der Waals surface area contributed by atoms with E-state index in [1.54, 1.807) is 12.3 Å². The Balaban J connectivity index is 2.16. The molecule has 0 radical (unpaired) electrons. The SMILES string of the molecule is Clc1cccc(CNc2cc(Br)cnc2Cl)c1Cl. The van der Waals surface area contributed by atoms with Crippen molar-refractivity contribution in [2.24, 2.45) is 0 Å². The Morgan fingerprint density at radius 3 is 2.78 bits per heavy atom. The summed E-state index contributed by atoms with van der Waals surface area (Å²) in [6.45, 7) is 0.525. The number of anilines is 1. The Bertz CT molecular complexity index is 573. The maximum atomic E-state index is 6.10. The van der Waals surface area contributed by atoms with E-state index < -0.39 is 0 Å². The molecule has 1 aromatic heterocycles. The second-order valence-electron chi connectivity index (χ2n) is 3.56. The lowest BCUT2D eigenvalue weighted by Crippen LogP contribution is -2.01. The third-order valence-corrected chi connectivity index (χ3v) is 3.90. The molecule has 0 atom stereocenters. The normalized spacial score (nSPS) is 10.4. The molecule has 0 fully saturated rings. The van der Waals surface area contributed by atoms with E-state index in [1.807, 2.05) is 18.2 Å². The van der Waals surface area contributed by atoms with Gasteiger partial charge in [0.05, 0.1) is 15.7 Å². The maximum absolute atomic E-state index is 6.10. The average Bonchev–Trinajstić information content (AvgIpc) is 2.35. The summed E-state index contributed by atoms with van der Waals surface area (Å²) in [6.07, 6.45) is 1.64. The van der Waals surface area contributed by atoms with Crippen molar-refractivity contribution in [2.75, 3.05) is 5.32 Å². The predicted octanol–water partition coefficient (Wildman–Crippen LogP) is 5.42.